The molecule has 1 atom stereocenters. The number of likely N-dealkylation sites (N-methyl/N-ethyl adjacent to an activating group) is 1. The van der Waals surface area contributed by atoms with E-state index >= 15 is 0 Å². The Balaban J connectivity index is 2.80. The van der Waals surface area contributed by atoms with Gasteiger partial charge in [0.15, 0.2) is 17.6 Å². The average molecular weight is 326 g/mol. The molecule has 0 saturated heterocycles. The Bertz CT molecular complexity index is 561. The number of nitrogens with one attached hydrogen (secondary N) is 2. The largest absolute Gasteiger partial charge is 0.356 e. The van der Waals surface area contributed by atoms with Gasteiger partial charge >= 0.3 is 0 Å². The number of carbonyl (C=O) groups excluding carboxylic acids is 1. The molecule has 0 heterocycles. The second-order valence-electron chi connectivity index (χ2n) is 5.42. The van der Waals surface area contributed by atoms with Crippen LogP contribution in [0.5, 0.6) is 0 Å². The minimum atomic E-state index is -0.890. The van der Waals surface area contributed by atoms with Crippen molar-refractivity contribution in [3.05, 3.63) is 35.4 Å². The van der Waals surface area contributed by atoms with Crippen molar-refractivity contribution in [2.45, 2.75) is 26.3 Å². The second-order valence-corrected chi connectivity index (χ2v) is 5.42. The van der Waals surface area contributed by atoms with Crippen molar-refractivity contribution in [2.24, 2.45) is 4.99 Å². The van der Waals surface area contributed by atoms with E-state index in [2.05, 4.69) is 15.6 Å². The Kier molecular flexibility index (Phi) is 7.44. The third-order valence-electron chi connectivity index (χ3n) is 3.21. The summed E-state index contributed by atoms with van der Waals surface area (Å²) >= 11 is 0. The van der Waals surface area contributed by atoms with Gasteiger partial charge in [-0.2, -0.15) is 0 Å². The molecule has 1 rings (SSSR count). The zero-order valence-corrected chi connectivity index (χ0v) is 14.0. The van der Waals surface area contributed by atoms with Gasteiger partial charge in [-0.25, -0.2) is 13.8 Å². The van der Waals surface area contributed by atoms with Gasteiger partial charge in [-0.15, -0.1) is 0 Å². The summed E-state index contributed by atoms with van der Waals surface area (Å²) in [7, 11) is 3.32. The van der Waals surface area contributed by atoms with Crippen molar-refractivity contribution in [2.75, 3.05) is 27.2 Å². The molecule has 0 fully saturated rings. The fourth-order valence-electron chi connectivity index (χ4n) is 1.75. The first-order valence-electron chi connectivity index (χ1n) is 7.55. The molecule has 5 nitrogen and oxygen atoms in total. The molecule has 0 radical (unpaired) electrons. The summed E-state index contributed by atoms with van der Waals surface area (Å²) in [5.41, 5.74) is 0.592. The van der Waals surface area contributed by atoms with Crippen molar-refractivity contribution in [1.29, 1.82) is 0 Å². The molecule has 2 N–H and O–H groups in total. The number of halogens is 2. The highest BCUT2D eigenvalue weighted by Crippen LogP contribution is 2.15. The minimum Gasteiger partial charge on any atom is -0.356 e. The molecule has 0 spiro atoms. The number of hydrogen-bond acceptors (Lipinski definition) is 2. The highest BCUT2D eigenvalue weighted by Gasteiger charge is 2.11. The number of benzene rings is 1. The van der Waals surface area contributed by atoms with E-state index in [0.717, 1.165) is 18.6 Å². The van der Waals surface area contributed by atoms with Gasteiger partial charge < -0.3 is 15.5 Å². The third-order valence-corrected chi connectivity index (χ3v) is 3.21. The minimum absolute atomic E-state index is 0.0105. The number of nitrogens with zero attached hydrogens (tertiary/aromatic N) is 2. The molecule has 0 aliphatic carbocycles. The van der Waals surface area contributed by atoms with Crippen LogP contribution >= 0.6 is 0 Å². The molecule has 1 amide bonds. The molecule has 128 valence electrons. The molecule has 0 aromatic heterocycles. The normalized spacial score (nSPS) is 12.7. The summed E-state index contributed by atoms with van der Waals surface area (Å²) in [6.45, 7) is 4.51. The van der Waals surface area contributed by atoms with E-state index in [0.29, 0.717) is 18.1 Å². The zero-order valence-electron chi connectivity index (χ0n) is 14.0. The first-order chi connectivity index (χ1) is 10.8. The topological polar surface area (TPSA) is 56.7 Å². The van der Waals surface area contributed by atoms with E-state index in [1.165, 1.54) is 11.0 Å². The smallest absolute Gasteiger partial charge is 0.243 e. The second kappa shape index (κ2) is 9.07. The Morgan fingerprint density at radius 3 is 2.57 bits per heavy atom. The SMILES string of the molecule is CCCNC(=NCC(=O)N(C)C)NC(C)c1ccc(F)c(F)c1. The molecule has 0 aliphatic rings. The van der Waals surface area contributed by atoms with Gasteiger partial charge in [0.05, 0.1) is 6.04 Å². The Morgan fingerprint density at radius 2 is 2.00 bits per heavy atom. The molecule has 0 saturated carbocycles. The van der Waals surface area contributed by atoms with Gasteiger partial charge in [0.1, 0.15) is 6.54 Å². The van der Waals surface area contributed by atoms with E-state index in [4.69, 9.17) is 0 Å². The summed E-state index contributed by atoms with van der Waals surface area (Å²) in [5, 5.41) is 6.18. The molecule has 1 aromatic rings. The average Bonchev–Trinajstić information content (AvgIpc) is 2.51. The zero-order chi connectivity index (χ0) is 17.4. The van der Waals surface area contributed by atoms with E-state index in [1.54, 1.807) is 14.1 Å². The lowest BCUT2D eigenvalue weighted by Crippen LogP contribution is -2.40. The van der Waals surface area contributed by atoms with Crippen LogP contribution in [0.25, 0.3) is 0 Å². The number of guanidine groups is 1. The molecule has 1 unspecified atom stereocenters. The van der Waals surface area contributed by atoms with Gasteiger partial charge in [0.25, 0.3) is 0 Å². The highest BCUT2D eigenvalue weighted by molar-refractivity contribution is 5.85. The van der Waals surface area contributed by atoms with Crippen LogP contribution in [0.2, 0.25) is 0 Å². The number of rotatable bonds is 6. The molecule has 23 heavy (non-hydrogen) atoms. The van der Waals surface area contributed by atoms with Crippen LogP contribution in [-0.4, -0.2) is 44.0 Å². The Hall–Kier alpha value is -2.18. The molecule has 0 aliphatic heterocycles. The molecule has 7 heteroatoms. The van der Waals surface area contributed by atoms with Crippen LogP contribution in [0.3, 0.4) is 0 Å². The van der Waals surface area contributed by atoms with Crippen LogP contribution in [0.15, 0.2) is 23.2 Å². The van der Waals surface area contributed by atoms with Crippen LogP contribution in [0.4, 0.5) is 8.78 Å². The maximum atomic E-state index is 13.3. The van der Waals surface area contributed by atoms with Crippen LogP contribution in [0, 0.1) is 11.6 Å². The monoisotopic (exact) mass is 326 g/mol. The maximum absolute atomic E-state index is 13.3. The van der Waals surface area contributed by atoms with Crippen molar-refractivity contribution in [1.82, 2.24) is 15.5 Å². The number of aliphatic imine (C=N–C) groups is 1. The number of amides is 1. The highest BCUT2D eigenvalue weighted by atomic mass is 19.2. The van der Waals surface area contributed by atoms with Crippen LogP contribution < -0.4 is 10.6 Å². The third kappa shape index (κ3) is 6.22. The summed E-state index contributed by atoms with van der Waals surface area (Å²) in [6, 6.07) is 3.46. The quantitative estimate of drug-likeness (QED) is 0.621. The summed E-state index contributed by atoms with van der Waals surface area (Å²) in [6.07, 6.45) is 0.891. The first-order valence-corrected chi connectivity index (χ1v) is 7.55. The lowest BCUT2D eigenvalue weighted by Gasteiger charge is -2.19. The Morgan fingerprint density at radius 1 is 1.30 bits per heavy atom. The lowest BCUT2D eigenvalue weighted by molar-refractivity contribution is -0.127. The molecular weight excluding hydrogens is 302 g/mol. The van der Waals surface area contributed by atoms with Crippen molar-refractivity contribution < 1.29 is 13.6 Å². The standard InChI is InChI=1S/C16H24F2N4O/c1-5-8-19-16(20-10-15(23)22(3)4)21-11(2)12-6-7-13(17)14(18)9-12/h6-7,9,11H,5,8,10H2,1-4H3,(H2,19,20,21). The Labute approximate surface area is 135 Å². The fourth-order valence-corrected chi connectivity index (χ4v) is 1.75. The molecule has 1 aromatic carbocycles. The number of carbonyl (C=O) groups is 1. The van der Waals surface area contributed by atoms with E-state index in [9.17, 15) is 13.6 Å². The van der Waals surface area contributed by atoms with Crippen LogP contribution in [0.1, 0.15) is 31.9 Å². The van der Waals surface area contributed by atoms with E-state index in [1.807, 2.05) is 13.8 Å². The summed E-state index contributed by atoms with van der Waals surface area (Å²) in [5.74, 6) is -1.43. The molecular formula is C16H24F2N4O. The first kappa shape index (κ1) is 18.9. The van der Waals surface area contributed by atoms with Gasteiger partial charge in [-0.1, -0.05) is 13.0 Å². The van der Waals surface area contributed by atoms with Crippen molar-refractivity contribution in [3.8, 4) is 0 Å². The van der Waals surface area contributed by atoms with Gasteiger partial charge in [0, 0.05) is 20.6 Å². The van der Waals surface area contributed by atoms with E-state index in [-0.39, 0.29) is 18.5 Å². The van der Waals surface area contributed by atoms with Crippen molar-refractivity contribution >= 4 is 11.9 Å². The van der Waals surface area contributed by atoms with Gasteiger partial charge in [-0.3, -0.25) is 4.79 Å². The van der Waals surface area contributed by atoms with Gasteiger partial charge in [-0.05, 0) is 31.0 Å². The number of hydrogen-bond donors (Lipinski definition) is 2. The van der Waals surface area contributed by atoms with E-state index < -0.39 is 11.6 Å². The lowest BCUT2D eigenvalue weighted by atomic mass is 10.1. The predicted molar refractivity (Wildman–Crippen MR) is 87.2 cm³/mol. The maximum Gasteiger partial charge on any atom is 0.243 e. The fraction of sp³-hybridized carbons (Fsp3) is 0.500. The van der Waals surface area contributed by atoms with Crippen molar-refractivity contribution in [3.63, 3.8) is 0 Å². The molecule has 0 bridgehead atoms. The van der Waals surface area contributed by atoms with Gasteiger partial charge in [0.2, 0.25) is 5.91 Å². The summed E-state index contributed by atoms with van der Waals surface area (Å²) < 4.78 is 26.3. The summed E-state index contributed by atoms with van der Waals surface area (Å²) in [4.78, 5) is 17.3. The predicted octanol–water partition coefficient (Wildman–Crippen LogP) is 2.06. The van der Waals surface area contributed by atoms with Crippen LogP contribution in [-0.2, 0) is 4.79 Å².